The summed E-state index contributed by atoms with van der Waals surface area (Å²) in [7, 11) is 2.65. The number of hydrogen-bond acceptors (Lipinski definition) is 4. The minimum Gasteiger partial charge on any atom is -0.453 e. The molecular formula is C26H15O4P. The smallest absolute Gasteiger partial charge is 0.197 e. The van der Waals surface area contributed by atoms with Gasteiger partial charge in [-0.25, -0.2) is 0 Å². The Balaban J connectivity index is 1.38. The van der Waals surface area contributed by atoms with Crippen LogP contribution in [0, 0.1) is 0 Å². The highest BCUT2D eigenvalue weighted by molar-refractivity contribution is 7.27. The Morgan fingerprint density at radius 3 is 1.94 bits per heavy atom. The lowest BCUT2D eigenvalue weighted by atomic mass is 10.0. The van der Waals surface area contributed by atoms with Crippen LogP contribution in [0.1, 0.15) is 26.5 Å². The maximum absolute atomic E-state index is 12.9. The quantitative estimate of drug-likeness (QED) is 0.205. The Bertz CT molecular complexity index is 1480. The molecule has 148 valence electrons. The van der Waals surface area contributed by atoms with Gasteiger partial charge in [-0.1, -0.05) is 48.5 Å². The number of hydrogen-bond donors (Lipinski definition) is 0. The third-order valence-electron chi connectivity index (χ3n) is 5.57. The summed E-state index contributed by atoms with van der Waals surface area (Å²) >= 11 is 0. The van der Waals surface area contributed by atoms with E-state index in [9.17, 15) is 9.59 Å². The second-order valence-corrected chi connectivity index (χ2v) is 8.24. The molecule has 5 heteroatoms. The minimum atomic E-state index is -0.281. The lowest BCUT2D eigenvalue weighted by Crippen LogP contribution is -1.99. The van der Waals surface area contributed by atoms with Crippen LogP contribution in [0.25, 0.3) is 39.3 Å². The van der Waals surface area contributed by atoms with Gasteiger partial charge in [-0.05, 0) is 34.3 Å². The molecule has 0 amide bonds. The van der Waals surface area contributed by atoms with Crippen molar-refractivity contribution >= 4 is 54.1 Å². The maximum Gasteiger partial charge on any atom is 0.197 e. The van der Waals surface area contributed by atoms with Crippen molar-refractivity contribution in [2.45, 2.75) is 0 Å². The van der Waals surface area contributed by atoms with Crippen LogP contribution < -0.4 is 5.30 Å². The Morgan fingerprint density at radius 2 is 1.32 bits per heavy atom. The molecule has 0 bridgehead atoms. The van der Waals surface area contributed by atoms with Crippen LogP contribution in [0.4, 0.5) is 0 Å². The van der Waals surface area contributed by atoms with Gasteiger partial charge >= 0.3 is 0 Å². The van der Waals surface area contributed by atoms with Crippen molar-refractivity contribution in [3.8, 4) is 11.3 Å². The number of carbonyl (C=O) groups is 2. The van der Waals surface area contributed by atoms with Crippen molar-refractivity contribution in [1.29, 1.82) is 0 Å². The predicted molar refractivity (Wildman–Crippen MR) is 124 cm³/mol. The Kier molecular flexibility index (Phi) is 3.86. The standard InChI is InChI=1S/C26H15O4P/c27-25-19-9-15-3-1-2-4-16(15)10-20(19)26(28)21(25)11-17-12-23-24(29-17)13-22(30-23)14-5-7-18(31)8-6-14/h1-13H,31H2. The van der Waals surface area contributed by atoms with E-state index in [1.54, 1.807) is 18.2 Å². The van der Waals surface area contributed by atoms with Crippen LogP contribution in [0.5, 0.6) is 0 Å². The van der Waals surface area contributed by atoms with Gasteiger partial charge in [0.15, 0.2) is 22.7 Å². The zero-order valence-electron chi connectivity index (χ0n) is 16.2. The Morgan fingerprint density at radius 1 is 0.710 bits per heavy atom. The van der Waals surface area contributed by atoms with Gasteiger partial charge in [0.1, 0.15) is 11.5 Å². The number of furan rings is 2. The van der Waals surface area contributed by atoms with Crippen LogP contribution in [0.2, 0.25) is 0 Å². The van der Waals surface area contributed by atoms with Gasteiger partial charge in [0, 0.05) is 28.8 Å². The first-order valence-corrected chi connectivity index (χ1v) is 10.4. The summed E-state index contributed by atoms with van der Waals surface area (Å²) < 4.78 is 11.8. The first-order chi connectivity index (χ1) is 15.1. The molecule has 0 saturated carbocycles. The van der Waals surface area contributed by atoms with Crippen LogP contribution in [-0.4, -0.2) is 11.6 Å². The minimum absolute atomic E-state index is 0.109. The van der Waals surface area contributed by atoms with Gasteiger partial charge in [0.25, 0.3) is 0 Å². The normalized spacial score (nSPS) is 13.4. The highest BCUT2D eigenvalue weighted by atomic mass is 31.0. The third-order valence-corrected chi connectivity index (χ3v) is 5.96. The molecule has 31 heavy (non-hydrogen) atoms. The average molecular weight is 422 g/mol. The number of benzene rings is 3. The molecule has 1 unspecified atom stereocenters. The number of carbonyl (C=O) groups excluding carboxylic acids is 2. The fraction of sp³-hybridized carbons (Fsp3) is 0. The first kappa shape index (κ1) is 18.1. The first-order valence-electron chi connectivity index (χ1n) is 9.80. The summed E-state index contributed by atoms with van der Waals surface area (Å²) in [5.74, 6) is 0.550. The molecule has 2 aromatic heterocycles. The van der Waals surface area contributed by atoms with Crippen LogP contribution in [0.3, 0.4) is 0 Å². The number of Topliss-reactive ketones (excluding diaryl/α,β-unsaturated/α-hetero) is 2. The van der Waals surface area contributed by atoms with Crippen LogP contribution >= 0.6 is 9.24 Å². The van der Waals surface area contributed by atoms with Crippen LogP contribution in [0.15, 0.2) is 87.2 Å². The van der Waals surface area contributed by atoms with E-state index in [1.165, 1.54) is 6.08 Å². The number of fused-ring (bicyclic) bond motifs is 3. The molecule has 1 aliphatic carbocycles. The molecule has 5 aromatic rings. The molecule has 0 saturated heterocycles. The van der Waals surface area contributed by atoms with Crippen molar-refractivity contribution in [3.63, 3.8) is 0 Å². The summed E-state index contributed by atoms with van der Waals surface area (Å²) in [6.45, 7) is 0. The molecule has 1 atom stereocenters. The predicted octanol–water partition coefficient (Wildman–Crippen LogP) is 5.81. The number of ketones is 2. The molecule has 0 N–H and O–H groups in total. The zero-order chi connectivity index (χ0) is 21.1. The SMILES string of the molecule is O=C1C(=Cc2cc3oc(-c4ccc(P)cc4)cc3o2)C(=O)c2cc3ccccc3cc21. The molecule has 0 aliphatic heterocycles. The topological polar surface area (TPSA) is 60.4 Å². The summed E-state index contributed by atoms with van der Waals surface area (Å²) in [5.41, 5.74) is 3.06. The molecule has 0 radical (unpaired) electrons. The van der Waals surface area contributed by atoms with Gasteiger partial charge < -0.3 is 8.83 Å². The van der Waals surface area contributed by atoms with E-state index in [2.05, 4.69) is 9.24 Å². The van der Waals surface area contributed by atoms with Gasteiger partial charge in [-0.2, -0.15) is 0 Å². The van der Waals surface area contributed by atoms with Gasteiger partial charge in [0.2, 0.25) is 0 Å². The molecule has 6 rings (SSSR count). The lowest BCUT2D eigenvalue weighted by Gasteiger charge is -2.00. The zero-order valence-corrected chi connectivity index (χ0v) is 17.4. The monoisotopic (exact) mass is 422 g/mol. The molecule has 0 spiro atoms. The van der Waals surface area contributed by atoms with Crippen molar-refractivity contribution in [3.05, 3.63) is 95.3 Å². The van der Waals surface area contributed by atoms with E-state index < -0.39 is 0 Å². The summed E-state index contributed by atoms with van der Waals surface area (Å²) in [6.07, 6.45) is 1.51. The fourth-order valence-corrected chi connectivity index (χ4v) is 4.19. The number of rotatable bonds is 2. The summed E-state index contributed by atoms with van der Waals surface area (Å²) in [5, 5.41) is 2.95. The van der Waals surface area contributed by atoms with E-state index in [0.717, 1.165) is 21.6 Å². The van der Waals surface area contributed by atoms with E-state index >= 15 is 0 Å². The Hall–Kier alpha value is -3.75. The van der Waals surface area contributed by atoms with E-state index in [4.69, 9.17) is 8.83 Å². The van der Waals surface area contributed by atoms with Crippen molar-refractivity contribution in [1.82, 2.24) is 0 Å². The van der Waals surface area contributed by atoms with Crippen LogP contribution in [-0.2, 0) is 0 Å². The lowest BCUT2D eigenvalue weighted by molar-refractivity contribution is 0.0990. The molecule has 3 aromatic carbocycles. The van der Waals surface area contributed by atoms with Gasteiger partial charge in [0.05, 0.1) is 5.57 Å². The second-order valence-electron chi connectivity index (χ2n) is 7.57. The van der Waals surface area contributed by atoms with E-state index in [1.807, 2.05) is 54.6 Å². The second kappa shape index (κ2) is 6.63. The number of allylic oxidation sites excluding steroid dienone is 1. The summed E-state index contributed by atoms with van der Waals surface area (Å²) in [6, 6.07) is 22.7. The highest BCUT2D eigenvalue weighted by Gasteiger charge is 2.33. The molecule has 1 aliphatic rings. The van der Waals surface area contributed by atoms with Gasteiger partial charge in [-0.15, -0.1) is 9.24 Å². The highest BCUT2D eigenvalue weighted by Crippen LogP contribution is 2.34. The average Bonchev–Trinajstić information content (AvgIpc) is 3.40. The molecular weight excluding hydrogens is 407 g/mol. The van der Waals surface area contributed by atoms with Crippen molar-refractivity contribution in [2.75, 3.05) is 0 Å². The van der Waals surface area contributed by atoms with Crippen molar-refractivity contribution in [2.24, 2.45) is 0 Å². The maximum atomic E-state index is 12.9. The van der Waals surface area contributed by atoms with Crippen molar-refractivity contribution < 1.29 is 18.4 Å². The molecule has 4 nitrogen and oxygen atoms in total. The largest absolute Gasteiger partial charge is 0.453 e. The molecule has 2 heterocycles. The molecule has 0 fully saturated rings. The Labute approximate surface area is 179 Å². The van der Waals surface area contributed by atoms with Gasteiger partial charge in [-0.3, -0.25) is 9.59 Å². The summed E-state index contributed by atoms with van der Waals surface area (Å²) in [4.78, 5) is 25.8. The van der Waals surface area contributed by atoms with E-state index in [0.29, 0.717) is 33.8 Å². The third kappa shape index (κ3) is 2.88. The van der Waals surface area contributed by atoms with E-state index in [-0.39, 0.29) is 17.1 Å². The fourth-order valence-electron chi connectivity index (χ4n) is 4.00.